The summed E-state index contributed by atoms with van der Waals surface area (Å²) in [6, 6.07) is 19.9. The number of fused-ring (bicyclic) bond motifs is 2. The van der Waals surface area contributed by atoms with Crippen molar-refractivity contribution < 1.29 is 37.8 Å². The summed E-state index contributed by atoms with van der Waals surface area (Å²) in [6.07, 6.45) is 6.42. The van der Waals surface area contributed by atoms with Crippen LogP contribution in [0, 0.1) is 0 Å². The molecule has 3 saturated heterocycles. The molecule has 1 aromatic heterocycles. The zero-order valence-corrected chi connectivity index (χ0v) is 37.8. The van der Waals surface area contributed by atoms with Crippen molar-refractivity contribution in [1.82, 2.24) is 29.7 Å². The van der Waals surface area contributed by atoms with Crippen LogP contribution in [0.25, 0.3) is 10.8 Å². The minimum Gasteiger partial charge on any atom is -0.465 e. The molecular weight excluding hydrogens is 836 g/mol. The molecule has 2 N–H and O–H groups in total. The lowest BCUT2D eigenvalue weighted by atomic mass is 9.96. The standard InChI is InChI=1S/C48H57N6O9P/c1-5-23-62-47(60)31(2)50-64(61,63-40-9-7-6-8-10-40)30-33-11-12-34-13-14-36(25-37(34)24-33)44(57)49-41-29-52(32(3)55)22-18-39-15-16-42(54(39)45(41)58)46(59)53-28-38(27-48(53)19-20-48)35-17-21-51(4)43(56)26-35/h6-14,17,21,24-26,31,38-39,41-42H,5,15-16,18-20,22-23,27-30H2,1-4H3,(H,49,57)(H,50,61)/t31-,38?,39+,41-,42-,64?/m0/s1. The van der Waals surface area contributed by atoms with Gasteiger partial charge in [0, 0.05) is 68.9 Å². The summed E-state index contributed by atoms with van der Waals surface area (Å²) in [6.45, 7) is 5.94. The van der Waals surface area contributed by atoms with Crippen LogP contribution in [0.2, 0.25) is 0 Å². The van der Waals surface area contributed by atoms with E-state index in [1.807, 2.05) is 42.2 Å². The Balaban J connectivity index is 1.01. The maximum atomic E-state index is 14.8. The predicted octanol–water partition coefficient (Wildman–Crippen LogP) is 5.50. The van der Waals surface area contributed by atoms with Crippen molar-refractivity contribution in [2.75, 3.05) is 26.2 Å². The summed E-state index contributed by atoms with van der Waals surface area (Å²) >= 11 is 0. The molecule has 15 nitrogen and oxygen atoms in total. The Morgan fingerprint density at radius 2 is 1.69 bits per heavy atom. The van der Waals surface area contributed by atoms with E-state index in [0.717, 1.165) is 30.2 Å². The van der Waals surface area contributed by atoms with Gasteiger partial charge >= 0.3 is 13.5 Å². The molecule has 1 aliphatic carbocycles. The number of benzene rings is 3. The molecule has 4 aliphatic rings. The molecule has 4 heterocycles. The van der Waals surface area contributed by atoms with Gasteiger partial charge in [0.15, 0.2) is 0 Å². The quantitative estimate of drug-likeness (QED) is 0.129. The second-order valence-corrected chi connectivity index (χ2v) is 20.0. The highest BCUT2D eigenvalue weighted by molar-refractivity contribution is 7.56. The summed E-state index contributed by atoms with van der Waals surface area (Å²) in [5.74, 6) is -1.40. The third kappa shape index (κ3) is 9.51. The van der Waals surface area contributed by atoms with E-state index in [2.05, 4.69) is 10.4 Å². The highest BCUT2D eigenvalue weighted by Gasteiger charge is 2.58. The largest absolute Gasteiger partial charge is 0.465 e. The molecule has 6 atom stereocenters. The van der Waals surface area contributed by atoms with Crippen LogP contribution < -0.4 is 20.5 Å². The third-order valence-corrected chi connectivity index (χ3v) is 15.3. The summed E-state index contributed by atoms with van der Waals surface area (Å²) in [5, 5.41) is 7.32. The first-order valence-corrected chi connectivity index (χ1v) is 24.1. The topological polar surface area (TPSA) is 177 Å². The number of hydrogen-bond donors (Lipinski definition) is 2. The first-order chi connectivity index (χ1) is 30.7. The molecule has 4 aromatic rings. The number of carbonyl (C=O) groups is 5. The Kier molecular flexibility index (Phi) is 12.9. The fourth-order valence-electron chi connectivity index (χ4n) is 9.67. The van der Waals surface area contributed by atoms with Gasteiger partial charge in [0.05, 0.1) is 12.8 Å². The minimum atomic E-state index is -3.76. The van der Waals surface area contributed by atoms with Gasteiger partial charge in [-0.1, -0.05) is 49.4 Å². The molecule has 3 aliphatic heterocycles. The van der Waals surface area contributed by atoms with Crippen molar-refractivity contribution in [3.05, 3.63) is 112 Å². The molecule has 1 saturated carbocycles. The molecule has 4 amide bonds. The number of aryl methyl sites for hydroxylation is 1. The van der Waals surface area contributed by atoms with Crippen molar-refractivity contribution in [3.8, 4) is 5.75 Å². The number of nitrogens with one attached hydrogen (secondary N) is 2. The number of esters is 1. The molecule has 3 aromatic carbocycles. The number of ether oxygens (including phenoxy) is 1. The predicted molar refractivity (Wildman–Crippen MR) is 241 cm³/mol. The average Bonchev–Trinajstić information content (AvgIpc) is 3.76. The first-order valence-electron chi connectivity index (χ1n) is 22.3. The Morgan fingerprint density at radius 1 is 0.922 bits per heavy atom. The molecule has 2 unspecified atom stereocenters. The van der Waals surface area contributed by atoms with E-state index in [4.69, 9.17) is 9.26 Å². The van der Waals surface area contributed by atoms with Gasteiger partial charge in [-0.3, -0.25) is 33.3 Å². The number of aromatic nitrogens is 1. The number of amides is 4. The molecule has 0 radical (unpaired) electrons. The SMILES string of the molecule is CCCOC(=O)[C@H](C)NP(=O)(Cc1ccc2ccc(C(=O)N[C@H]3CN(C(C)=O)CC[C@H]4CC[C@@H](C(=O)N5CC(c6ccn(C)c(=O)c6)CC56CC6)N4C3=O)cc2c1)Oc1ccccc1. The average molecular weight is 893 g/mol. The normalized spacial score (nSPS) is 22.9. The summed E-state index contributed by atoms with van der Waals surface area (Å²) in [7, 11) is -2.05. The number of hydrogen-bond acceptors (Lipinski definition) is 9. The Morgan fingerprint density at radius 3 is 2.41 bits per heavy atom. The van der Waals surface area contributed by atoms with Crippen molar-refractivity contribution in [2.45, 2.75) is 108 Å². The van der Waals surface area contributed by atoms with Crippen molar-refractivity contribution >= 4 is 47.9 Å². The van der Waals surface area contributed by atoms with E-state index in [-0.39, 0.29) is 59.7 Å². The Hall–Kier alpha value is -5.79. The van der Waals surface area contributed by atoms with Crippen molar-refractivity contribution in [2.24, 2.45) is 7.05 Å². The number of nitrogens with zero attached hydrogens (tertiary/aromatic N) is 4. The van der Waals surface area contributed by atoms with Crippen molar-refractivity contribution in [3.63, 3.8) is 0 Å². The highest BCUT2D eigenvalue weighted by Crippen LogP contribution is 2.54. The van der Waals surface area contributed by atoms with Gasteiger partial charge in [-0.15, -0.1) is 0 Å². The van der Waals surface area contributed by atoms with Gasteiger partial charge in [-0.2, -0.15) is 0 Å². The maximum absolute atomic E-state index is 14.8. The van der Waals surface area contributed by atoms with Crippen LogP contribution in [-0.4, -0.2) is 105 Å². The van der Waals surface area contributed by atoms with Crippen LogP contribution in [-0.2, 0) is 41.7 Å². The second kappa shape index (κ2) is 18.4. The Bertz CT molecular complexity index is 2560. The fourth-order valence-corrected chi connectivity index (χ4v) is 11.7. The van der Waals surface area contributed by atoms with Gasteiger partial charge in [-0.05, 0) is 104 Å². The van der Waals surface area contributed by atoms with E-state index in [1.165, 1.54) is 11.5 Å². The first kappa shape index (κ1) is 44.8. The van der Waals surface area contributed by atoms with Crippen molar-refractivity contribution in [1.29, 1.82) is 0 Å². The fraction of sp³-hybridized carbons (Fsp3) is 0.458. The number of carbonyl (C=O) groups excluding carboxylic acids is 5. The molecule has 338 valence electrons. The van der Waals surface area contributed by atoms with E-state index in [9.17, 15) is 33.3 Å². The zero-order valence-electron chi connectivity index (χ0n) is 36.9. The minimum absolute atomic E-state index is 0.0170. The van der Waals surface area contributed by atoms with Crippen LogP contribution in [0.4, 0.5) is 0 Å². The number of likely N-dealkylation sites (tertiary alicyclic amines) is 1. The summed E-state index contributed by atoms with van der Waals surface area (Å²) < 4.78 is 27.3. The third-order valence-electron chi connectivity index (χ3n) is 13.3. The van der Waals surface area contributed by atoms with Crippen LogP contribution >= 0.6 is 7.52 Å². The smallest absolute Gasteiger partial charge is 0.323 e. The summed E-state index contributed by atoms with van der Waals surface area (Å²) in [5.41, 5.74) is 1.42. The Labute approximate surface area is 372 Å². The van der Waals surface area contributed by atoms with Crippen LogP contribution in [0.3, 0.4) is 0 Å². The van der Waals surface area contributed by atoms with E-state index < -0.39 is 43.4 Å². The van der Waals surface area contributed by atoms with Crippen LogP contribution in [0.15, 0.2) is 89.9 Å². The lowest BCUT2D eigenvalue weighted by molar-refractivity contribution is -0.149. The monoisotopic (exact) mass is 892 g/mol. The molecule has 64 heavy (non-hydrogen) atoms. The number of pyridine rings is 1. The summed E-state index contributed by atoms with van der Waals surface area (Å²) in [4.78, 5) is 86.9. The van der Waals surface area contributed by atoms with E-state index in [0.29, 0.717) is 55.5 Å². The molecule has 1 spiro atoms. The number of rotatable bonds is 13. The second-order valence-electron chi connectivity index (χ2n) is 17.9. The lowest BCUT2D eigenvalue weighted by Gasteiger charge is -2.40. The van der Waals surface area contributed by atoms with Gasteiger partial charge in [0.1, 0.15) is 23.9 Å². The molecule has 0 bridgehead atoms. The zero-order chi connectivity index (χ0) is 45.3. The van der Waals surface area contributed by atoms with E-state index in [1.54, 1.807) is 78.5 Å². The number of para-hydroxylation sites is 1. The maximum Gasteiger partial charge on any atom is 0.323 e. The van der Waals surface area contributed by atoms with Gasteiger partial charge in [-0.25, -0.2) is 5.09 Å². The lowest BCUT2D eigenvalue weighted by Crippen LogP contribution is -2.61. The highest BCUT2D eigenvalue weighted by atomic mass is 31.2. The molecule has 4 fully saturated rings. The molecule has 16 heteroatoms. The van der Waals surface area contributed by atoms with Gasteiger partial charge < -0.3 is 33.8 Å². The van der Waals surface area contributed by atoms with Gasteiger partial charge in [0.25, 0.3) is 11.5 Å². The van der Waals surface area contributed by atoms with Crippen LogP contribution in [0.5, 0.6) is 5.75 Å². The van der Waals surface area contributed by atoms with E-state index >= 15 is 0 Å². The van der Waals surface area contributed by atoms with Crippen LogP contribution in [0.1, 0.15) is 93.1 Å². The molecular formula is C48H57N6O9P. The molecule has 8 rings (SSSR count). The van der Waals surface area contributed by atoms with Gasteiger partial charge in [0.2, 0.25) is 17.7 Å².